The van der Waals surface area contributed by atoms with Gasteiger partial charge in [0.1, 0.15) is 0 Å². The Morgan fingerprint density at radius 1 is 1.42 bits per heavy atom. The average Bonchev–Trinajstić information content (AvgIpc) is 2.03. The Morgan fingerprint density at radius 2 is 2.08 bits per heavy atom. The van der Waals surface area contributed by atoms with Gasteiger partial charge < -0.3 is 0 Å². The summed E-state index contributed by atoms with van der Waals surface area (Å²) in [7, 11) is -2.05. The van der Waals surface area contributed by atoms with E-state index in [0.29, 0.717) is 11.4 Å². The molecule has 0 aliphatic rings. The van der Waals surface area contributed by atoms with E-state index in [2.05, 4.69) is 0 Å². The number of halogens is 1. The van der Waals surface area contributed by atoms with E-state index in [1.807, 2.05) is 18.2 Å². The summed E-state index contributed by atoms with van der Waals surface area (Å²) in [4.78, 5) is 8.57. The smallest absolute Gasteiger partial charge is 0.161 e. The van der Waals surface area contributed by atoms with Crippen molar-refractivity contribution in [1.29, 1.82) is 0 Å². The maximum absolute atomic E-state index is 10.4. The van der Waals surface area contributed by atoms with E-state index < -0.39 is 8.03 Å². The molecule has 1 aromatic rings. The van der Waals surface area contributed by atoms with Gasteiger partial charge in [-0.15, -0.1) is 0 Å². The van der Waals surface area contributed by atoms with Crippen LogP contribution in [0.15, 0.2) is 24.3 Å². The molecule has 0 amide bonds. The van der Waals surface area contributed by atoms with Crippen molar-refractivity contribution in [3.05, 3.63) is 34.9 Å². The van der Waals surface area contributed by atoms with Gasteiger partial charge in [-0.2, -0.15) is 4.89 Å². The minimum absolute atomic E-state index is 0.277. The fourth-order valence-corrected chi connectivity index (χ4v) is 1.58. The Morgan fingerprint density at radius 3 is 2.67 bits per heavy atom. The third-order valence-corrected chi connectivity index (χ3v) is 2.51. The predicted octanol–water partition coefficient (Wildman–Crippen LogP) is 2.62. The molecule has 0 saturated carbocycles. The zero-order chi connectivity index (χ0) is 8.97. The van der Waals surface area contributed by atoms with Gasteiger partial charge in [0.2, 0.25) is 0 Å². The number of hydrogen-bond donors (Lipinski definition) is 1. The maximum Gasteiger partial charge on any atom is 0.505 e. The Kier molecular flexibility index (Phi) is 3.67. The molecule has 1 atom stereocenters. The second kappa shape index (κ2) is 4.56. The van der Waals surface area contributed by atoms with Crippen molar-refractivity contribution >= 4 is 19.6 Å². The first-order valence-corrected chi connectivity index (χ1v) is 5.34. The second-order valence-corrected chi connectivity index (χ2v) is 3.98. The van der Waals surface area contributed by atoms with Crippen LogP contribution in [0, 0.1) is 0 Å². The van der Waals surface area contributed by atoms with Crippen LogP contribution in [0.2, 0.25) is 5.02 Å². The minimum atomic E-state index is -2.05. The molecule has 1 N–H and O–H groups in total. The Balaban J connectivity index is 2.63. The third kappa shape index (κ3) is 2.90. The molecular weight excluding hydrogens is 195 g/mol. The highest BCUT2D eigenvalue weighted by molar-refractivity contribution is 7.37. The molecule has 1 rings (SSSR count). The molecule has 12 heavy (non-hydrogen) atoms. The van der Waals surface area contributed by atoms with Crippen LogP contribution in [0.4, 0.5) is 0 Å². The molecule has 0 fully saturated rings. The van der Waals surface area contributed by atoms with E-state index in [4.69, 9.17) is 16.5 Å². The highest BCUT2D eigenvalue weighted by Gasteiger charge is 2.10. The summed E-state index contributed by atoms with van der Waals surface area (Å²) in [6.45, 7) is 0. The molecule has 64 valence electrons. The lowest BCUT2D eigenvalue weighted by atomic mass is 10.2. The van der Waals surface area contributed by atoms with E-state index in [-0.39, 0.29) is 6.16 Å². The Hall–Kier alpha value is -0.430. The van der Waals surface area contributed by atoms with Crippen molar-refractivity contribution in [1.82, 2.24) is 0 Å². The van der Waals surface area contributed by atoms with Gasteiger partial charge in [-0.3, -0.25) is 0 Å². The zero-order valence-corrected chi connectivity index (χ0v) is 8.05. The zero-order valence-electron chi connectivity index (χ0n) is 6.40. The van der Waals surface area contributed by atoms with Crippen LogP contribution in [0.1, 0.15) is 5.56 Å². The van der Waals surface area contributed by atoms with Crippen molar-refractivity contribution < 1.29 is 9.46 Å². The molecule has 0 aliphatic carbocycles. The summed E-state index contributed by atoms with van der Waals surface area (Å²) in [6, 6.07) is 7.35. The van der Waals surface area contributed by atoms with Crippen LogP contribution in [-0.4, -0.2) is 11.1 Å². The third-order valence-electron chi connectivity index (χ3n) is 1.53. The summed E-state index contributed by atoms with van der Waals surface area (Å²) in [5.74, 6) is 0. The molecule has 0 spiro atoms. The predicted molar refractivity (Wildman–Crippen MR) is 49.8 cm³/mol. The summed E-state index contributed by atoms with van der Waals surface area (Å²) >= 11 is 5.83. The molecule has 1 unspecified atom stereocenters. The van der Waals surface area contributed by atoms with Gasteiger partial charge in [0, 0.05) is 11.4 Å². The van der Waals surface area contributed by atoms with Crippen LogP contribution in [-0.2, 0) is 11.0 Å². The largest absolute Gasteiger partial charge is 0.505 e. The lowest BCUT2D eigenvalue weighted by Crippen LogP contribution is -1.88. The first-order valence-electron chi connectivity index (χ1n) is 3.57. The minimum Gasteiger partial charge on any atom is -0.161 e. The van der Waals surface area contributed by atoms with Gasteiger partial charge >= 0.3 is 8.03 Å². The first-order chi connectivity index (χ1) is 5.70. The Bertz CT molecular complexity index is 288. The molecule has 0 saturated heterocycles. The molecular formula is C8H9ClO2P+. The number of aryl methyl sites for hydroxylation is 1. The number of benzene rings is 1. The van der Waals surface area contributed by atoms with Crippen LogP contribution in [0.25, 0.3) is 0 Å². The fourth-order valence-electron chi connectivity index (χ4n) is 0.917. The van der Waals surface area contributed by atoms with Gasteiger partial charge in [-0.05, 0) is 16.2 Å². The highest BCUT2D eigenvalue weighted by atomic mass is 35.5. The van der Waals surface area contributed by atoms with Crippen LogP contribution < -0.4 is 0 Å². The molecule has 0 heterocycles. The van der Waals surface area contributed by atoms with Crippen molar-refractivity contribution in [2.24, 2.45) is 0 Å². The van der Waals surface area contributed by atoms with Crippen LogP contribution in [0.3, 0.4) is 0 Å². The van der Waals surface area contributed by atoms with E-state index in [1.165, 1.54) is 0 Å². The Labute approximate surface area is 77.1 Å². The molecule has 0 radical (unpaired) electrons. The average molecular weight is 204 g/mol. The SMILES string of the molecule is O=[P+](O)CCc1ccccc1Cl. The number of hydrogen-bond acceptors (Lipinski definition) is 1. The molecule has 1 aromatic carbocycles. The quantitative estimate of drug-likeness (QED) is 0.767. The summed E-state index contributed by atoms with van der Waals surface area (Å²) in [5.41, 5.74) is 0.927. The van der Waals surface area contributed by atoms with Gasteiger partial charge in [0.05, 0.1) is 0 Å². The molecule has 0 aromatic heterocycles. The topological polar surface area (TPSA) is 37.3 Å². The molecule has 4 heteroatoms. The van der Waals surface area contributed by atoms with Gasteiger partial charge in [-0.25, -0.2) is 0 Å². The van der Waals surface area contributed by atoms with E-state index >= 15 is 0 Å². The summed E-state index contributed by atoms with van der Waals surface area (Å²) < 4.78 is 10.4. The van der Waals surface area contributed by atoms with Gasteiger partial charge in [0.25, 0.3) is 0 Å². The van der Waals surface area contributed by atoms with E-state index in [1.54, 1.807) is 6.07 Å². The maximum atomic E-state index is 10.4. The molecule has 0 aliphatic heterocycles. The lowest BCUT2D eigenvalue weighted by molar-refractivity contribution is 0.502. The van der Waals surface area contributed by atoms with E-state index in [9.17, 15) is 4.57 Å². The van der Waals surface area contributed by atoms with Crippen molar-refractivity contribution in [2.75, 3.05) is 6.16 Å². The molecule has 2 nitrogen and oxygen atoms in total. The summed E-state index contributed by atoms with van der Waals surface area (Å²) in [6.07, 6.45) is 0.838. The fraction of sp³-hybridized carbons (Fsp3) is 0.250. The van der Waals surface area contributed by atoms with Crippen molar-refractivity contribution in [3.8, 4) is 0 Å². The van der Waals surface area contributed by atoms with Crippen molar-refractivity contribution in [3.63, 3.8) is 0 Å². The monoisotopic (exact) mass is 203 g/mol. The first kappa shape index (κ1) is 9.66. The second-order valence-electron chi connectivity index (χ2n) is 2.42. The van der Waals surface area contributed by atoms with Crippen LogP contribution in [0.5, 0.6) is 0 Å². The lowest BCUT2D eigenvalue weighted by Gasteiger charge is -1.97. The van der Waals surface area contributed by atoms with Gasteiger partial charge in [0.15, 0.2) is 6.16 Å². The normalized spacial score (nSPS) is 11.3. The highest BCUT2D eigenvalue weighted by Crippen LogP contribution is 2.20. The van der Waals surface area contributed by atoms with Crippen molar-refractivity contribution in [2.45, 2.75) is 6.42 Å². The number of rotatable bonds is 3. The van der Waals surface area contributed by atoms with Crippen LogP contribution >= 0.6 is 19.6 Å². The summed E-state index contributed by atoms with van der Waals surface area (Å²) in [5, 5.41) is 0.661. The standard InChI is InChI=1S/C8H8ClO2P/c9-8-4-2-1-3-7(8)5-6-12(10)11/h1-4H,5-6H2/p+1. The molecule has 0 bridgehead atoms. The van der Waals surface area contributed by atoms with E-state index in [0.717, 1.165) is 5.56 Å². The van der Waals surface area contributed by atoms with Gasteiger partial charge in [-0.1, -0.05) is 29.8 Å².